The molecule has 124 valence electrons. The fourth-order valence-corrected chi connectivity index (χ4v) is 1.96. The van der Waals surface area contributed by atoms with Crippen LogP contribution in [0, 0.1) is 5.82 Å². The van der Waals surface area contributed by atoms with Gasteiger partial charge in [-0.1, -0.05) is 29.8 Å². The average Bonchev–Trinajstić information content (AvgIpc) is 2.58. The molecule has 0 unspecified atom stereocenters. The largest absolute Gasteiger partial charge is 0.343 e. The van der Waals surface area contributed by atoms with Gasteiger partial charge in [0.15, 0.2) is 0 Å². The highest BCUT2D eigenvalue weighted by molar-refractivity contribution is 6.30. The Labute approximate surface area is 143 Å². The highest BCUT2D eigenvalue weighted by Crippen LogP contribution is 2.10. The molecule has 0 saturated heterocycles. The summed E-state index contributed by atoms with van der Waals surface area (Å²) >= 11 is 5.80. The summed E-state index contributed by atoms with van der Waals surface area (Å²) in [6, 6.07) is 12.2. The first-order chi connectivity index (χ1) is 11.5. The van der Waals surface area contributed by atoms with E-state index in [9.17, 15) is 14.0 Å². The van der Waals surface area contributed by atoms with Crippen LogP contribution in [0.5, 0.6) is 0 Å². The van der Waals surface area contributed by atoms with Crippen LogP contribution in [0.3, 0.4) is 0 Å². The molecule has 0 aliphatic heterocycles. The number of hydrogen-bond donors (Lipinski definition) is 2. The van der Waals surface area contributed by atoms with Crippen molar-refractivity contribution < 1.29 is 14.0 Å². The lowest BCUT2D eigenvalue weighted by Gasteiger charge is -2.05. The molecule has 2 rings (SSSR count). The minimum Gasteiger partial charge on any atom is -0.343 e. The zero-order valence-electron chi connectivity index (χ0n) is 12.8. The van der Waals surface area contributed by atoms with Gasteiger partial charge in [0, 0.05) is 10.6 Å². The number of benzene rings is 2. The lowest BCUT2D eigenvalue weighted by atomic mass is 10.1. The van der Waals surface area contributed by atoms with Crippen LogP contribution in [0.1, 0.15) is 22.8 Å². The zero-order valence-corrected chi connectivity index (χ0v) is 13.6. The highest BCUT2D eigenvalue weighted by atomic mass is 35.5. The van der Waals surface area contributed by atoms with Gasteiger partial charge in [0.05, 0.1) is 12.3 Å². The maximum absolute atomic E-state index is 13.0. The summed E-state index contributed by atoms with van der Waals surface area (Å²) < 4.78 is 13.0. The van der Waals surface area contributed by atoms with Crippen LogP contribution in [0.15, 0.2) is 53.6 Å². The topological polar surface area (TPSA) is 70.6 Å². The molecular weight excluding hydrogens is 333 g/mol. The molecule has 2 aromatic rings. The van der Waals surface area contributed by atoms with Crippen molar-refractivity contribution in [3.63, 3.8) is 0 Å². The van der Waals surface area contributed by atoms with Crippen molar-refractivity contribution in [1.82, 2.24) is 10.7 Å². The van der Waals surface area contributed by atoms with E-state index in [1.807, 2.05) is 0 Å². The Morgan fingerprint density at radius 3 is 2.50 bits per heavy atom. The van der Waals surface area contributed by atoms with E-state index < -0.39 is 17.6 Å². The van der Waals surface area contributed by atoms with Crippen LogP contribution in [0.25, 0.3) is 0 Å². The van der Waals surface area contributed by atoms with Crippen LogP contribution in [-0.4, -0.2) is 24.1 Å². The van der Waals surface area contributed by atoms with Crippen molar-refractivity contribution in [3.05, 3.63) is 70.5 Å². The van der Waals surface area contributed by atoms with E-state index in [-0.39, 0.29) is 12.1 Å². The second-order valence-electron chi connectivity index (χ2n) is 4.93. The van der Waals surface area contributed by atoms with E-state index in [1.54, 1.807) is 31.2 Å². The number of nitrogens with one attached hydrogen (secondary N) is 2. The Morgan fingerprint density at radius 1 is 1.12 bits per heavy atom. The van der Waals surface area contributed by atoms with Crippen LogP contribution in [0.4, 0.5) is 4.39 Å². The summed E-state index contributed by atoms with van der Waals surface area (Å²) in [5, 5.41) is 6.95. The molecule has 0 atom stereocenters. The van der Waals surface area contributed by atoms with E-state index in [0.29, 0.717) is 10.7 Å². The molecular formula is C17H15ClFN3O2. The van der Waals surface area contributed by atoms with E-state index in [0.717, 1.165) is 11.6 Å². The lowest BCUT2D eigenvalue weighted by Crippen LogP contribution is -2.35. The van der Waals surface area contributed by atoms with Gasteiger partial charge < -0.3 is 5.32 Å². The fourth-order valence-electron chi connectivity index (χ4n) is 1.83. The fraction of sp³-hybridized carbons (Fsp3) is 0.118. The molecule has 0 aliphatic rings. The summed E-state index contributed by atoms with van der Waals surface area (Å²) in [5.74, 6) is -1.55. The Kier molecular flexibility index (Phi) is 6.03. The van der Waals surface area contributed by atoms with Gasteiger partial charge in [0.1, 0.15) is 5.82 Å². The third-order valence-electron chi connectivity index (χ3n) is 3.11. The van der Waals surface area contributed by atoms with Crippen molar-refractivity contribution in [2.45, 2.75) is 6.92 Å². The molecule has 24 heavy (non-hydrogen) atoms. The predicted molar refractivity (Wildman–Crippen MR) is 90.5 cm³/mol. The predicted octanol–water partition coefficient (Wildman–Crippen LogP) is 2.75. The van der Waals surface area contributed by atoms with E-state index >= 15 is 0 Å². The summed E-state index contributed by atoms with van der Waals surface area (Å²) in [6.45, 7) is 1.46. The van der Waals surface area contributed by atoms with E-state index in [1.165, 1.54) is 18.2 Å². The molecule has 2 aromatic carbocycles. The Hall–Kier alpha value is -2.73. The number of nitrogens with zero attached hydrogens (tertiary/aromatic N) is 1. The number of rotatable bonds is 5. The van der Waals surface area contributed by atoms with Gasteiger partial charge in [-0.15, -0.1) is 0 Å². The quantitative estimate of drug-likeness (QED) is 0.645. The van der Waals surface area contributed by atoms with Crippen LogP contribution in [-0.2, 0) is 4.79 Å². The Bertz CT molecular complexity index is 776. The number of hydrazone groups is 1. The first-order valence-corrected chi connectivity index (χ1v) is 7.46. The van der Waals surface area contributed by atoms with Crippen molar-refractivity contribution in [2.24, 2.45) is 5.10 Å². The maximum atomic E-state index is 13.0. The summed E-state index contributed by atoms with van der Waals surface area (Å²) in [6.07, 6.45) is 0. The van der Waals surface area contributed by atoms with Crippen molar-refractivity contribution >= 4 is 29.1 Å². The van der Waals surface area contributed by atoms with Gasteiger partial charge in [-0.2, -0.15) is 5.10 Å². The minimum atomic E-state index is -0.539. The zero-order chi connectivity index (χ0) is 17.5. The Morgan fingerprint density at radius 2 is 1.83 bits per heavy atom. The summed E-state index contributed by atoms with van der Waals surface area (Å²) in [7, 11) is 0. The van der Waals surface area contributed by atoms with Crippen LogP contribution < -0.4 is 10.7 Å². The van der Waals surface area contributed by atoms with Crippen molar-refractivity contribution in [3.8, 4) is 0 Å². The van der Waals surface area contributed by atoms with Crippen LogP contribution >= 0.6 is 11.6 Å². The number of halogens is 2. The summed E-state index contributed by atoms with van der Waals surface area (Å²) in [4.78, 5) is 23.5. The van der Waals surface area contributed by atoms with Gasteiger partial charge >= 0.3 is 0 Å². The van der Waals surface area contributed by atoms with Crippen molar-refractivity contribution in [1.29, 1.82) is 0 Å². The third kappa shape index (κ3) is 5.17. The minimum absolute atomic E-state index is 0.142. The van der Waals surface area contributed by atoms with Gasteiger partial charge in [-0.3, -0.25) is 9.59 Å². The number of amides is 2. The second-order valence-corrected chi connectivity index (χ2v) is 5.37. The molecule has 0 radical (unpaired) electrons. The molecule has 2 amide bonds. The molecule has 0 aromatic heterocycles. The van der Waals surface area contributed by atoms with E-state index in [4.69, 9.17) is 11.6 Å². The molecule has 0 bridgehead atoms. The first kappa shape index (κ1) is 17.6. The Balaban J connectivity index is 1.86. The van der Waals surface area contributed by atoms with Crippen molar-refractivity contribution in [2.75, 3.05) is 6.54 Å². The van der Waals surface area contributed by atoms with E-state index in [2.05, 4.69) is 15.8 Å². The van der Waals surface area contributed by atoms with Crippen LogP contribution in [0.2, 0.25) is 5.02 Å². The SMILES string of the molecule is CC(=NNC(=O)CNC(=O)c1cccc(F)c1)c1ccc(Cl)cc1. The normalized spacial score (nSPS) is 11.0. The highest BCUT2D eigenvalue weighted by Gasteiger charge is 2.08. The molecule has 0 heterocycles. The smallest absolute Gasteiger partial charge is 0.259 e. The lowest BCUT2D eigenvalue weighted by molar-refractivity contribution is -0.120. The second kappa shape index (κ2) is 8.21. The number of carbonyl (C=O) groups excluding carboxylic acids is 2. The molecule has 0 fully saturated rings. The third-order valence-corrected chi connectivity index (χ3v) is 3.36. The molecule has 2 N–H and O–H groups in total. The number of carbonyl (C=O) groups is 2. The molecule has 7 heteroatoms. The number of hydrogen-bond acceptors (Lipinski definition) is 3. The average molecular weight is 348 g/mol. The molecule has 0 aliphatic carbocycles. The monoisotopic (exact) mass is 347 g/mol. The molecule has 5 nitrogen and oxygen atoms in total. The maximum Gasteiger partial charge on any atom is 0.259 e. The van der Waals surface area contributed by atoms with Gasteiger partial charge in [0.25, 0.3) is 11.8 Å². The standard InChI is InChI=1S/C17H15ClFN3O2/c1-11(12-5-7-14(18)8-6-12)21-22-16(23)10-20-17(24)13-3-2-4-15(19)9-13/h2-9H,10H2,1H3,(H,20,24)(H,22,23). The van der Waals surface area contributed by atoms with Gasteiger partial charge in [-0.25, -0.2) is 9.82 Å². The van der Waals surface area contributed by atoms with Gasteiger partial charge in [0.2, 0.25) is 0 Å². The molecule has 0 saturated carbocycles. The summed E-state index contributed by atoms with van der Waals surface area (Å²) in [5.41, 5.74) is 3.89. The van der Waals surface area contributed by atoms with Gasteiger partial charge in [-0.05, 0) is 42.8 Å². The first-order valence-electron chi connectivity index (χ1n) is 7.08. The molecule has 0 spiro atoms.